The number of nitrogens with one attached hydrogen (secondary N) is 2. The molecular weight excluding hydrogens is 276 g/mol. The third-order valence-electron chi connectivity index (χ3n) is 3.63. The van der Waals surface area contributed by atoms with E-state index in [-0.39, 0.29) is 6.03 Å². The van der Waals surface area contributed by atoms with Crippen LogP contribution in [0.25, 0.3) is 0 Å². The zero-order valence-corrected chi connectivity index (χ0v) is 13.4. The van der Waals surface area contributed by atoms with Crippen LogP contribution in [0.5, 0.6) is 5.75 Å². The second kappa shape index (κ2) is 6.52. The van der Waals surface area contributed by atoms with Crippen LogP contribution in [-0.4, -0.2) is 13.1 Å². The lowest BCUT2D eigenvalue weighted by Gasteiger charge is -2.27. The molecule has 2 rings (SSSR count). The SMILES string of the molecule is COc1ccc(C(C)(C)NC(=O)Nc2ccccc2C)cc1. The molecule has 2 aromatic carbocycles. The highest BCUT2D eigenvalue weighted by molar-refractivity contribution is 5.90. The van der Waals surface area contributed by atoms with E-state index in [1.165, 1.54) is 0 Å². The number of hydrogen-bond donors (Lipinski definition) is 2. The summed E-state index contributed by atoms with van der Waals surface area (Å²) < 4.78 is 5.16. The summed E-state index contributed by atoms with van der Waals surface area (Å²) in [7, 11) is 1.63. The zero-order valence-electron chi connectivity index (χ0n) is 13.4. The Hall–Kier alpha value is -2.49. The predicted octanol–water partition coefficient (Wildman–Crippen LogP) is 4.06. The Morgan fingerprint density at radius 1 is 1.05 bits per heavy atom. The van der Waals surface area contributed by atoms with Crippen LogP contribution in [0, 0.1) is 6.92 Å². The summed E-state index contributed by atoms with van der Waals surface area (Å²) in [6, 6.07) is 15.1. The number of urea groups is 1. The highest BCUT2D eigenvalue weighted by Gasteiger charge is 2.23. The third-order valence-corrected chi connectivity index (χ3v) is 3.63. The van der Waals surface area contributed by atoms with Crippen molar-refractivity contribution in [1.29, 1.82) is 0 Å². The topological polar surface area (TPSA) is 50.4 Å². The van der Waals surface area contributed by atoms with E-state index in [1.807, 2.05) is 69.3 Å². The van der Waals surface area contributed by atoms with Crippen molar-refractivity contribution in [3.05, 3.63) is 59.7 Å². The lowest BCUT2D eigenvalue weighted by Crippen LogP contribution is -2.43. The molecule has 0 aliphatic heterocycles. The molecule has 0 bridgehead atoms. The number of amides is 2. The fourth-order valence-corrected chi connectivity index (χ4v) is 2.23. The van der Waals surface area contributed by atoms with E-state index in [0.717, 1.165) is 22.6 Å². The molecule has 4 heteroatoms. The number of anilines is 1. The van der Waals surface area contributed by atoms with Crippen molar-refractivity contribution in [3.8, 4) is 5.75 Å². The second-order valence-electron chi connectivity index (χ2n) is 5.75. The van der Waals surface area contributed by atoms with Gasteiger partial charge in [-0.2, -0.15) is 0 Å². The number of rotatable bonds is 4. The predicted molar refractivity (Wildman–Crippen MR) is 89.4 cm³/mol. The van der Waals surface area contributed by atoms with E-state index in [2.05, 4.69) is 10.6 Å². The number of carbonyl (C=O) groups excluding carboxylic acids is 1. The van der Waals surface area contributed by atoms with E-state index in [1.54, 1.807) is 7.11 Å². The standard InChI is InChI=1S/C18H22N2O2/c1-13-7-5-6-8-16(13)19-17(21)20-18(2,3)14-9-11-15(22-4)12-10-14/h5-12H,1-4H3,(H2,19,20,21). The molecule has 2 amide bonds. The maximum Gasteiger partial charge on any atom is 0.319 e. The quantitative estimate of drug-likeness (QED) is 0.894. The van der Waals surface area contributed by atoms with Crippen molar-refractivity contribution >= 4 is 11.7 Å². The van der Waals surface area contributed by atoms with Gasteiger partial charge in [-0.1, -0.05) is 30.3 Å². The number of carbonyl (C=O) groups is 1. The van der Waals surface area contributed by atoms with Gasteiger partial charge in [-0.15, -0.1) is 0 Å². The molecule has 0 aliphatic carbocycles. The molecule has 22 heavy (non-hydrogen) atoms. The van der Waals surface area contributed by atoms with Crippen LogP contribution in [0.4, 0.5) is 10.5 Å². The molecule has 0 unspecified atom stereocenters. The van der Waals surface area contributed by atoms with Crippen molar-refractivity contribution in [3.63, 3.8) is 0 Å². The highest BCUT2D eigenvalue weighted by Crippen LogP contribution is 2.23. The van der Waals surface area contributed by atoms with Crippen molar-refractivity contribution in [2.45, 2.75) is 26.3 Å². The van der Waals surface area contributed by atoms with Crippen molar-refractivity contribution in [1.82, 2.24) is 5.32 Å². The van der Waals surface area contributed by atoms with Gasteiger partial charge in [-0.25, -0.2) is 4.79 Å². The second-order valence-corrected chi connectivity index (χ2v) is 5.75. The van der Waals surface area contributed by atoms with Crippen molar-refractivity contribution in [2.75, 3.05) is 12.4 Å². The third kappa shape index (κ3) is 3.79. The Kier molecular flexibility index (Phi) is 4.71. The van der Waals surface area contributed by atoms with Crippen LogP contribution in [0.2, 0.25) is 0 Å². The first-order chi connectivity index (χ1) is 10.4. The zero-order chi connectivity index (χ0) is 16.2. The smallest absolute Gasteiger partial charge is 0.319 e. The number of para-hydroxylation sites is 1. The van der Waals surface area contributed by atoms with E-state index in [0.29, 0.717) is 0 Å². The largest absolute Gasteiger partial charge is 0.497 e. The Morgan fingerprint density at radius 2 is 1.68 bits per heavy atom. The normalized spacial score (nSPS) is 10.9. The Balaban J connectivity index is 2.07. The average Bonchev–Trinajstić information content (AvgIpc) is 2.49. The molecule has 116 valence electrons. The average molecular weight is 298 g/mol. The van der Waals surface area contributed by atoms with Gasteiger partial charge < -0.3 is 15.4 Å². The molecule has 0 radical (unpaired) electrons. The number of hydrogen-bond acceptors (Lipinski definition) is 2. The lowest BCUT2D eigenvalue weighted by molar-refractivity contribution is 0.242. The minimum absolute atomic E-state index is 0.227. The molecular formula is C18H22N2O2. The van der Waals surface area contributed by atoms with E-state index < -0.39 is 5.54 Å². The summed E-state index contributed by atoms with van der Waals surface area (Å²) >= 11 is 0. The van der Waals surface area contributed by atoms with Crippen LogP contribution < -0.4 is 15.4 Å². The van der Waals surface area contributed by atoms with E-state index in [9.17, 15) is 4.79 Å². The van der Waals surface area contributed by atoms with Crippen LogP contribution in [0.3, 0.4) is 0 Å². The molecule has 0 saturated heterocycles. The Morgan fingerprint density at radius 3 is 2.27 bits per heavy atom. The van der Waals surface area contributed by atoms with Gasteiger partial charge >= 0.3 is 6.03 Å². The molecule has 0 atom stereocenters. The van der Waals surface area contributed by atoms with Gasteiger partial charge in [0, 0.05) is 5.69 Å². The minimum Gasteiger partial charge on any atom is -0.497 e. The minimum atomic E-state index is -0.487. The fraction of sp³-hybridized carbons (Fsp3) is 0.278. The first-order valence-corrected chi connectivity index (χ1v) is 7.22. The molecule has 2 N–H and O–H groups in total. The van der Waals surface area contributed by atoms with Crippen LogP contribution >= 0.6 is 0 Å². The van der Waals surface area contributed by atoms with Gasteiger partial charge in [-0.05, 0) is 50.1 Å². The molecule has 0 fully saturated rings. The maximum atomic E-state index is 12.2. The van der Waals surface area contributed by atoms with Gasteiger partial charge in [0.25, 0.3) is 0 Å². The number of benzene rings is 2. The molecule has 0 saturated carbocycles. The maximum absolute atomic E-state index is 12.2. The summed E-state index contributed by atoms with van der Waals surface area (Å²) in [5, 5.41) is 5.88. The Labute approximate surface area is 131 Å². The van der Waals surface area contributed by atoms with Gasteiger partial charge in [0.1, 0.15) is 5.75 Å². The molecule has 0 heterocycles. The Bertz CT molecular complexity index is 648. The summed E-state index contributed by atoms with van der Waals surface area (Å²) in [5.41, 5.74) is 2.36. The summed E-state index contributed by atoms with van der Waals surface area (Å²) in [6.45, 7) is 5.89. The van der Waals surface area contributed by atoms with Crippen LogP contribution in [-0.2, 0) is 5.54 Å². The lowest BCUT2D eigenvalue weighted by atomic mass is 9.94. The van der Waals surface area contributed by atoms with E-state index in [4.69, 9.17) is 4.74 Å². The molecule has 0 aromatic heterocycles. The van der Waals surface area contributed by atoms with E-state index >= 15 is 0 Å². The summed E-state index contributed by atoms with van der Waals surface area (Å²) in [4.78, 5) is 12.2. The number of aryl methyl sites for hydroxylation is 1. The van der Waals surface area contributed by atoms with Crippen molar-refractivity contribution < 1.29 is 9.53 Å². The first-order valence-electron chi connectivity index (χ1n) is 7.22. The number of methoxy groups -OCH3 is 1. The monoisotopic (exact) mass is 298 g/mol. The highest BCUT2D eigenvalue weighted by atomic mass is 16.5. The van der Waals surface area contributed by atoms with Gasteiger partial charge in [0.05, 0.1) is 12.6 Å². The molecule has 2 aromatic rings. The molecule has 0 aliphatic rings. The van der Waals surface area contributed by atoms with Crippen molar-refractivity contribution in [2.24, 2.45) is 0 Å². The molecule has 4 nitrogen and oxygen atoms in total. The first kappa shape index (κ1) is 15.9. The summed E-state index contributed by atoms with van der Waals surface area (Å²) in [5.74, 6) is 0.795. The summed E-state index contributed by atoms with van der Waals surface area (Å²) in [6.07, 6.45) is 0. The van der Waals surface area contributed by atoms with Gasteiger partial charge in [0.2, 0.25) is 0 Å². The van der Waals surface area contributed by atoms with Gasteiger partial charge in [0.15, 0.2) is 0 Å². The van der Waals surface area contributed by atoms with Crippen LogP contribution in [0.1, 0.15) is 25.0 Å². The van der Waals surface area contributed by atoms with Gasteiger partial charge in [-0.3, -0.25) is 0 Å². The fourth-order valence-electron chi connectivity index (χ4n) is 2.23. The number of ether oxygens (including phenoxy) is 1. The van der Waals surface area contributed by atoms with Crippen LogP contribution in [0.15, 0.2) is 48.5 Å². The molecule has 0 spiro atoms.